The molecule has 5 nitrogen and oxygen atoms in total. The lowest BCUT2D eigenvalue weighted by atomic mass is 9.97. The van der Waals surface area contributed by atoms with E-state index in [2.05, 4.69) is 43.7 Å². The van der Waals surface area contributed by atoms with Gasteiger partial charge in [0.1, 0.15) is 11.2 Å². The third kappa shape index (κ3) is 2.57. The Morgan fingerprint density at radius 3 is 3.00 bits per heavy atom. The Kier molecular flexibility index (Phi) is 3.71. The fraction of sp³-hybridized carbons (Fsp3) is 0.250. The summed E-state index contributed by atoms with van der Waals surface area (Å²) in [6.45, 7) is 2.00. The van der Waals surface area contributed by atoms with E-state index in [1.165, 1.54) is 28.7 Å². The summed E-state index contributed by atoms with van der Waals surface area (Å²) in [5.41, 5.74) is 7.63. The van der Waals surface area contributed by atoms with Gasteiger partial charge in [-0.15, -0.1) is 11.3 Å². The van der Waals surface area contributed by atoms with Crippen molar-refractivity contribution in [3.8, 4) is 0 Å². The largest absolute Gasteiger partial charge is 0.353 e. The fourth-order valence-electron chi connectivity index (χ4n) is 3.64. The van der Waals surface area contributed by atoms with Crippen LogP contribution in [0.15, 0.2) is 41.8 Å². The minimum atomic E-state index is 0.810. The normalized spacial score (nSPS) is 14.7. The Morgan fingerprint density at radius 2 is 2.08 bits per heavy atom. The number of hydrogen-bond donors (Lipinski definition) is 2. The monoisotopic (exact) mass is 361 g/mol. The quantitative estimate of drug-likeness (QED) is 0.403. The summed E-state index contributed by atoms with van der Waals surface area (Å²) in [5, 5.41) is 6.93. The number of nitrogens with zero attached hydrogens (tertiary/aromatic N) is 3. The van der Waals surface area contributed by atoms with Crippen molar-refractivity contribution < 1.29 is 0 Å². The summed E-state index contributed by atoms with van der Waals surface area (Å²) >= 11 is 1.80. The smallest absolute Gasteiger partial charge is 0.158 e. The highest BCUT2D eigenvalue weighted by Crippen LogP contribution is 2.38. The molecule has 0 spiro atoms. The SMILES string of the molecule is C/C(=N\Nc1ncnc2sc3c(c12)CCCC3)c1cc2ccccc2[nH]1. The predicted octanol–water partition coefficient (Wildman–Crippen LogP) is 4.89. The van der Waals surface area contributed by atoms with Gasteiger partial charge in [0.15, 0.2) is 5.82 Å². The van der Waals surface area contributed by atoms with Gasteiger partial charge in [0, 0.05) is 15.8 Å². The molecule has 3 heterocycles. The van der Waals surface area contributed by atoms with E-state index in [1.807, 2.05) is 19.1 Å². The minimum Gasteiger partial charge on any atom is -0.353 e. The fourth-order valence-corrected chi connectivity index (χ4v) is 4.87. The number of nitrogens with one attached hydrogen (secondary N) is 2. The Labute approximate surface area is 155 Å². The summed E-state index contributed by atoms with van der Waals surface area (Å²) in [6.07, 6.45) is 6.41. The molecule has 0 saturated heterocycles. The summed E-state index contributed by atoms with van der Waals surface area (Å²) in [5.74, 6) is 0.810. The number of aryl methyl sites for hydroxylation is 2. The van der Waals surface area contributed by atoms with E-state index in [0.717, 1.165) is 45.8 Å². The van der Waals surface area contributed by atoms with Gasteiger partial charge in [-0.05, 0) is 50.3 Å². The lowest BCUT2D eigenvalue weighted by Gasteiger charge is -2.11. The zero-order valence-electron chi connectivity index (χ0n) is 14.5. The van der Waals surface area contributed by atoms with E-state index < -0.39 is 0 Å². The number of thiophene rings is 1. The lowest BCUT2D eigenvalue weighted by Crippen LogP contribution is -2.03. The second kappa shape index (κ2) is 6.21. The second-order valence-electron chi connectivity index (χ2n) is 6.69. The van der Waals surface area contributed by atoms with Gasteiger partial charge in [-0.1, -0.05) is 18.2 Å². The Bertz CT molecular complexity index is 1100. The molecule has 0 aliphatic heterocycles. The first-order valence-corrected chi connectivity index (χ1v) is 9.75. The van der Waals surface area contributed by atoms with E-state index in [9.17, 15) is 0 Å². The van der Waals surface area contributed by atoms with Crippen molar-refractivity contribution in [2.75, 3.05) is 5.43 Å². The van der Waals surface area contributed by atoms with Crippen LogP contribution >= 0.6 is 11.3 Å². The number of fused-ring (bicyclic) bond motifs is 4. The molecule has 4 aromatic rings. The molecule has 0 amide bonds. The van der Waals surface area contributed by atoms with Crippen molar-refractivity contribution in [3.63, 3.8) is 0 Å². The van der Waals surface area contributed by atoms with Crippen LogP contribution in [0.1, 0.15) is 35.9 Å². The maximum atomic E-state index is 4.59. The van der Waals surface area contributed by atoms with Crippen LogP contribution < -0.4 is 5.43 Å². The van der Waals surface area contributed by atoms with Gasteiger partial charge in [0.05, 0.1) is 16.8 Å². The van der Waals surface area contributed by atoms with Crippen molar-refractivity contribution >= 4 is 44.0 Å². The summed E-state index contributed by atoms with van der Waals surface area (Å²) in [4.78, 5) is 14.9. The first-order chi connectivity index (χ1) is 12.8. The van der Waals surface area contributed by atoms with Crippen molar-refractivity contribution in [1.82, 2.24) is 15.0 Å². The van der Waals surface area contributed by atoms with Crippen LogP contribution in [0.4, 0.5) is 5.82 Å². The summed E-state index contributed by atoms with van der Waals surface area (Å²) in [7, 11) is 0. The molecule has 0 unspecified atom stereocenters. The molecule has 1 aliphatic carbocycles. The second-order valence-corrected chi connectivity index (χ2v) is 7.78. The van der Waals surface area contributed by atoms with E-state index in [-0.39, 0.29) is 0 Å². The number of aromatic nitrogens is 3. The highest BCUT2D eigenvalue weighted by atomic mass is 32.1. The molecule has 0 fully saturated rings. The molecule has 3 aromatic heterocycles. The van der Waals surface area contributed by atoms with E-state index in [0.29, 0.717) is 0 Å². The number of para-hydroxylation sites is 1. The number of aromatic amines is 1. The van der Waals surface area contributed by atoms with Gasteiger partial charge >= 0.3 is 0 Å². The van der Waals surface area contributed by atoms with E-state index >= 15 is 0 Å². The van der Waals surface area contributed by atoms with Crippen molar-refractivity contribution in [3.05, 3.63) is 52.8 Å². The number of H-pyrrole nitrogens is 1. The lowest BCUT2D eigenvalue weighted by molar-refractivity contribution is 0.700. The molecule has 5 rings (SSSR count). The van der Waals surface area contributed by atoms with Gasteiger partial charge in [-0.3, -0.25) is 5.43 Å². The number of rotatable bonds is 3. The van der Waals surface area contributed by atoms with Gasteiger partial charge < -0.3 is 4.98 Å². The maximum absolute atomic E-state index is 4.59. The Hall–Kier alpha value is -2.73. The van der Waals surface area contributed by atoms with Crippen molar-refractivity contribution in [2.24, 2.45) is 5.10 Å². The van der Waals surface area contributed by atoms with Crippen LogP contribution in [-0.2, 0) is 12.8 Å². The van der Waals surface area contributed by atoms with Crippen molar-refractivity contribution in [2.45, 2.75) is 32.6 Å². The molecule has 1 aliphatic rings. The molecule has 0 saturated carbocycles. The van der Waals surface area contributed by atoms with Crippen LogP contribution in [0.5, 0.6) is 0 Å². The molecule has 0 atom stereocenters. The molecule has 26 heavy (non-hydrogen) atoms. The topological polar surface area (TPSA) is 66.0 Å². The third-order valence-electron chi connectivity index (χ3n) is 5.00. The number of anilines is 1. The van der Waals surface area contributed by atoms with Gasteiger partial charge in [0.25, 0.3) is 0 Å². The zero-order valence-corrected chi connectivity index (χ0v) is 15.4. The zero-order chi connectivity index (χ0) is 17.5. The van der Waals surface area contributed by atoms with Crippen LogP contribution in [0.25, 0.3) is 21.1 Å². The molecule has 1 aromatic carbocycles. The van der Waals surface area contributed by atoms with Gasteiger partial charge in [-0.25, -0.2) is 9.97 Å². The number of hydrazone groups is 1. The number of benzene rings is 1. The van der Waals surface area contributed by atoms with Crippen LogP contribution in [0.2, 0.25) is 0 Å². The number of hydrogen-bond acceptors (Lipinski definition) is 5. The molecule has 130 valence electrons. The average Bonchev–Trinajstić information content (AvgIpc) is 3.27. The molecular weight excluding hydrogens is 342 g/mol. The Morgan fingerprint density at radius 1 is 1.19 bits per heavy atom. The van der Waals surface area contributed by atoms with Gasteiger partial charge in [-0.2, -0.15) is 5.10 Å². The molecule has 2 N–H and O–H groups in total. The van der Waals surface area contributed by atoms with E-state index in [4.69, 9.17) is 0 Å². The van der Waals surface area contributed by atoms with E-state index in [1.54, 1.807) is 17.7 Å². The van der Waals surface area contributed by atoms with Crippen LogP contribution in [0, 0.1) is 0 Å². The molecule has 6 heteroatoms. The average molecular weight is 361 g/mol. The first-order valence-electron chi connectivity index (χ1n) is 8.93. The first kappa shape index (κ1) is 15.5. The summed E-state index contributed by atoms with van der Waals surface area (Å²) < 4.78 is 0. The van der Waals surface area contributed by atoms with Gasteiger partial charge in [0.2, 0.25) is 0 Å². The third-order valence-corrected chi connectivity index (χ3v) is 6.20. The molecular formula is C20H19N5S. The highest BCUT2D eigenvalue weighted by Gasteiger charge is 2.19. The van der Waals surface area contributed by atoms with Crippen molar-refractivity contribution in [1.29, 1.82) is 0 Å². The summed E-state index contributed by atoms with van der Waals surface area (Å²) in [6, 6.07) is 10.4. The predicted molar refractivity (Wildman–Crippen MR) is 108 cm³/mol. The maximum Gasteiger partial charge on any atom is 0.158 e. The standard InChI is InChI=1S/C20H19N5S/c1-12(16-10-13-6-2-4-8-15(13)23-16)24-25-19-18-14-7-3-5-9-17(14)26-20(18)22-11-21-19/h2,4,6,8,10-11,23H,3,5,7,9H2,1H3,(H,21,22,25)/b24-12+. The minimum absolute atomic E-state index is 0.810. The molecule has 0 radical (unpaired) electrons. The Balaban J connectivity index is 1.51. The molecule has 0 bridgehead atoms. The van der Waals surface area contributed by atoms with Crippen LogP contribution in [-0.4, -0.2) is 20.7 Å². The van der Waals surface area contributed by atoms with Crippen LogP contribution in [0.3, 0.4) is 0 Å². The highest BCUT2D eigenvalue weighted by molar-refractivity contribution is 7.19.